The number of fused-ring (bicyclic) bond motifs is 1. The maximum Gasteiger partial charge on any atom is 0.255 e. The largest absolute Gasteiger partial charge is 0.494 e. The van der Waals surface area contributed by atoms with Crippen molar-refractivity contribution >= 4 is 35.2 Å². The smallest absolute Gasteiger partial charge is 0.255 e. The summed E-state index contributed by atoms with van der Waals surface area (Å²) in [5, 5.41) is 5.27. The summed E-state index contributed by atoms with van der Waals surface area (Å²) in [7, 11) is 0. The molecule has 0 bridgehead atoms. The first-order valence-electron chi connectivity index (χ1n) is 14.0. The Bertz CT molecular complexity index is 1330. The van der Waals surface area contributed by atoms with E-state index in [1.807, 2.05) is 18.2 Å². The van der Waals surface area contributed by atoms with Gasteiger partial charge in [0.05, 0.1) is 6.61 Å². The second kappa shape index (κ2) is 12.3. The lowest BCUT2D eigenvalue weighted by atomic mass is 10.0. The van der Waals surface area contributed by atoms with Crippen molar-refractivity contribution in [1.82, 2.24) is 15.5 Å². The van der Waals surface area contributed by atoms with Gasteiger partial charge in [-0.2, -0.15) is 0 Å². The summed E-state index contributed by atoms with van der Waals surface area (Å²) in [6, 6.07) is 11.9. The summed E-state index contributed by atoms with van der Waals surface area (Å²) in [4.78, 5) is 64.2. The highest BCUT2D eigenvalue weighted by Gasteiger charge is 2.39. The van der Waals surface area contributed by atoms with E-state index in [2.05, 4.69) is 10.6 Å². The number of anilines is 1. The maximum absolute atomic E-state index is 12.8. The normalized spacial score (nSPS) is 18.6. The molecule has 0 spiro atoms. The molecular weight excluding hydrogens is 512 g/mol. The number of ether oxygens (including phenoxy) is 1. The van der Waals surface area contributed by atoms with Crippen LogP contribution in [0.2, 0.25) is 0 Å². The van der Waals surface area contributed by atoms with Gasteiger partial charge in [-0.1, -0.05) is 18.9 Å². The van der Waals surface area contributed by atoms with E-state index in [-0.39, 0.29) is 30.0 Å². The van der Waals surface area contributed by atoms with Crippen molar-refractivity contribution < 1.29 is 28.7 Å². The third kappa shape index (κ3) is 6.16. The van der Waals surface area contributed by atoms with Gasteiger partial charge < -0.3 is 19.9 Å². The maximum atomic E-state index is 12.8. The number of rotatable bonds is 11. The lowest BCUT2D eigenvalue weighted by Gasteiger charge is -2.29. The molecule has 1 unspecified atom stereocenters. The molecule has 5 rings (SSSR count). The van der Waals surface area contributed by atoms with E-state index in [0.29, 0.717) is 56.0 Å². The van der Waals surface area contributed by atoms with Gasteiger partial charge in [0.25, 0.3) is 11.8 Å². The second-order valence-electron chi connectivity index (χ2n) is 10.4. The molecule has 3 heterocycles. The fourth-order valence-electron chi connectivity index (χ4n) is 5.45. The minimum absolute atomic E-state index is 0.101. The SMILES string of the molecule is O=C1CCC(N2Cc3cc(OCCCCCCNC(=O)c4cccc(N5CCCC5=O)c4)ccc3C2=O)C(=O)N1. The summed E-state index contributed by atoms with van der Waals surface area (Å²) in [6.45, 7) is 2.14. The highest BCUT2D eigenvalue weighted by atomic mass is 16.5. The van der Waals surface area contributed by atoms with Crippen molar-refractivity contribution in [2.75, 3.05) is 24.6 Å². The first-order chi connectivity index (χ1) is 19.4. The molecule has 2 aromatic rings. The van der Waals surface area contributed by atoms with Crippen molar-refractivity contribution in [3.63, 3.8) is 0 Å². The predicted octanol–water partition coefficient (Wildman–Crippen LogP) is 2.94. The number of imide groups is 1. The van der Waals surface area contributed by atoms with Crippen LogP contribution in [0.4, 0.5) is 5.69 Å². The summed E-state index contributed by atoms with van der Waals surface area (Å²) >= 11 is 0. The molecular formula is C30H34N4O6. The van der Waals surface area contributed by atoms with Gasteiger partial charge >= 0.3 is 0 Å². The molecule has 2 saturated heterocycles. The number of nitrogens with zero attached hydrogens (tertiary/aromatic N) is 2. The summed E-state index contributed by atoms with van der Waals surface area (Å²) in [5.41, 5.74) is 2.72. The third-order valence-corrected chi connectivity index (χ3v) is 7.61. The molecule has 10 nitrogen and oxygen atoms in total. The van der Waals surface area contributed by atoms with Crippen LogP contribution in [0.3, 0.4) is 0 Å². The van der Waals surface area contributed by atoms with Gasteiger partial charge in [0.1, 0.15) is 11.8 Å². The quantitative estimate of drug-likeness (QED) is 0.330. The Morgan fingerprint density at radius 2 is 1.85 bits per heavy atom. The van der Waals surface area contributed by atoms with Gasteiger partial charge in [0, 0.05) is 49.3 Å². The zero-order valence-corrected chi connectivity index (χ0v) is 22.4. The fraction of sp³-hybridized carbons (Fsp3) is 0.433. The van der Waals surface area contributed by atoms with Crippen LogP contribution in [0, 0.1) is 0 Å². The van der Waals surface area contributed by atoms with E-state index >= 15 is 0 Å². The van der Waals surface area contributed by atoms with Crippen LogP contribution in [0.15, 0.2) is 42.5 Å². The molecule has 10 heteroatoms. The molecule has 0 aromatic heterocycles. The Labute approximate surface area is 233 Å². The van der Waals surface area contributed by atoms with Crippen molar-refractivity contribution in [3.05, 3.63) is 59.2 Å². The summed E-state index contributed by atoms with van der Waals surface area (Å²) in [5.74, 6) is -0.270. The van der Waals surface area contributed by atoms with E-state index < -0.39 is 11.9 Å². The molecule has 5 amide bonds. The number of benzene rings is 2. The first kappa shape index (κ1) is 27.4. The first-order valence-corrected chi connectivity index (χ1v) is 14.0. The van der Waals surface area contributed by atoms with Crippen LogP contribution in [-0.4, -0.2) is 60.2 Å². The zero-order valence-electron chi connectivity index (χ0n) is 22.4. The average molecular weight is 547 g/mol. The molecule has 3 aliphatic heterocycles. The van der Waals surface area contributed by atoms with E-state index in [1.165, 1.54) is 4.90 Å². The molecule has 2 aromatic carbocycles. The van der Waals surface area contributed by atoms with E-state index in [4.69, 9.17) is 4.74 Å². The predicted molar refractivity (Wildman–Crippen MR) is 147 cm³/mol. The van der Waals surface area contributed by atoms with Gasteiger partial charge in [-0.05, 0) is 67.6 Å². The van der Waals surface area contributed by atoms with Gasteiger partial charge in [-0.3, -0.25) is 29.3 Å². The Kier molecular flexibility index (Phi) is 8.42. The average Bonchev–Trinajstić information content (AvgIpc) is 3.52. The number of nitrogens with one attached hydrogen (secondary N) is 2. The monoisotopic (exact) mass is 546 g/mol. The van der Waals surface area contributed by atoms with Crippen LogP contribution in [0.25, 0.3) is 0 Å². The number of carbonyl (C=O) groups is 5. The molecule has 0 saturated carbocycles. The number of hydrogen-bond donors (Lipinski definition) is 2. The molecule has 1 atom stereocenters. The van der Waals surface area contributed by atoms with Crippen LogP contribution < -0.4 is 20.3 Å². The van der Waals surface area contributed by atoms with E-state index in [1.54, 1.807) is 29.2 Å². The van der Waals surface area contributed by atoms with Crippen LogP contribution in [0.1, 0.15) is 77.6 Å². The Morgan fingerprint density at radius 1 is 1.00 bits per heavy atom. The van der Waals surface area contributed by atoms with Crippen molar-refractivity contribution in [2.45, 2.75) is 64.0 Å². The van der Waals surface area contributed by atoms with Crippen LogP contribution >= 0.6 is 0 Å². The number of piperidine rings is 1. The van der Waals surface area contributed by atoms with Crippen LogP contribution in [0.5, 0.6) is 5.75 Å². The fourth-order valence-corrected chi connectivity index (χ4v) is 5.45. The minimum Gasteiger partial charge on any atom is -0.494 e. The summed E-state index contributed by atoms with van der Waals surface area (Å²) < 4.78 is 5.89. The van der Waals surface area contributed by atoms with Crippen molar-refractivity contribution in [2.24, 2.45) is 0 Å². The van der Waals surface area contributed by atoms with Gasteiger partial charge in [0.15, 0.2) is 0 Å². The lowest BCUT2D eigenvalue weighted by molar-refractivity contribution is -0.137. The molecule has 0 aliphatic carbocycles. The molecule has 2 N–H and O–H groups in total. The van der Waals surface area contributed by atoms with Gasteiger partial charge in [-0.25, -0.2) is 0 Å². The highest BCUT2D eigenvalue weighted by molar-refractivity contribution is 6.05. The van der Waals surface area contributed by atoms with Gasteiger partial charge in [-0.15, -0.1) is 0 Å². The molecule has 3 aliphatic rings. The molecule has 2 fully saturated rings. The second-order valence-corrected chi connectivity index (χ2v) is 10.4. The standard InChI is InChI=1S/C30H34N4O6/c35-26-13-12-25(29(38)32-26)34-19-21-18-23(10-11-24(21)30(34)39)40-16-4-2-1-3-14-31-28(37)20-7-5-8-22(17-20)33-15-6-9-27(33)36/h5,7-8,10-11,17-18,25H,1-4,6,9,12-16,19H2,(H,31,37)(H,32,35,38). The molecule has 40 heavy (non-hydrogen) atoms. The zero-order chi connectivity index (χ0) is 28.1. The molecule has 0 radical (unpaired) electrons. The highest BCUT2D eigenvalue weighted by Crippen LogP contribution is 2.30. The Balaban J connectivity index is 0.988. The van der Waals surface area contributed by atoms with E-state index in [9.17, 15) is 24.0 Å². The number of carbonyl (C=O) groups excluding carboxylic acids is 5. The van der Waals surface area contributed by atoms with Crippen LogP contribution in [-0.2, 0) is 20.9 Å². The minimum atomic E-state index is -0.627. The lowest BCUT2D eigenvalue weighted by Crippen LogP contribution is -2.52. The number of unbranched alkanes of at least 4 members (excludes halogenated alkanes) is 3. The topological polar surface area (TPSA) is 125 Å². The summed E-state index contributed by atoms with van der Waals surface area (Å²) in [6.07, 6.45) is 5.59. The van der Waals surface area contributed by atoms with E-state index in [0.717, 1.165) is 43.4 Å². The van der Waals surface area contributed by atoms with Gasteiger partial charge in [0.2, 0.25) is 17.7 Å². The Morgan fingerprint density at radius 3 is 2.65 bits per heavy atom. The molecule has 210 valence electrons. The van der Waals surface area contributed by atoms with Crippen molar-refractivity contribution in [3.8, 4) is 5.75 Å². The number of hydrogen-bond acceptors (Lipinski definition) is 6. The van der Waals surface area contributed by atoms with Crippen molar-refractivity contribution in [1.29, 1.82) is 0 Å². The number of amides is 5. The Hall–Kier alpha value is -4.21. The third-order valence-electron chi connectivity index (χ3n) is 7.61.